The summed E-state index contributed by atoms with van der Waals surface area (Å²) in [5, 5.41) is 3.66. The zero-order valence-electron chi connectivity index (χ0n) is 18.4. The molecule has 2 aliphatic heterocycles. The molecule has 0 radical (unpaired) electrons. The number of rotatable bonds is 8. The smallest absolute Gasteiger partial charge is 0.321 e. The van der Waals surface area contributed by atoms with Gasteiger partial charge >= 0.3 is 6.03 Å². The lowest BCUT2D eigenvalue weighted by molar-refractivity contribution is 0.142. The highest BCUT2D eigenvalue weighted by Gasteiger charge is 2.22. The quantitative estimate of drug-likeness (QED) is 0.666. The lowest BCUT2D eigenvalue weighted by atomic mass is 9.97. The van der Waals surface area contributed by atoms with Crippen molar-refractivity contribution in [3.05, 3.63) is 64.7 Å². The number of hydrogen-bond donors (Lipinski definition) is 1. The van der Waals surface area contributed by atoms with Gasteiger partial charge in [0.2, 0.25) is 0 Å². The van der Waals surface area contributed by atoms with Crippen molar-refractivity contribution in [3.63, 3.8) is 0 Å². The molecule has 5 nitrogen and oxygen atoms in total. The van der Waals surface area contributed by atoms with Crippen LogP contribution in [0.4, 0.5) is 10.5 Å². The molecular weight excluding hydrogens is 408 g/mol. The molecule has 166 valence electrons. The van der Waals surface area contributed by atoms with Crippen molar-refractivity contribution in [2.45, 2.75) is 25.8 Å². The van der Waals surface area contributed by atoms with Crippen molar-refractivity contribution in [2.75, 3.05) is 51.2 Å². The Hall–Kier alpha value is -2.08. The van der Waals surface area contributed by atoms with Crippen LogP contribution in [0.1, 0.15) is 24.0 Å². The number of urea groups is 1. The van der Waals surface area contributed by atoms with Crippen molar-refractivity contribution < 1.29 is 4.79 Å². The number of anilines is 1. The summed E-state index contributed by atoms with van der Waals surface area (Å²) in [4.78, 5) is 18.7. The zero-order chi connectivity index (χ0) is 21.6. The van der Waals surface area contributed by atoms with E-state index in [1.807, 2.05) is 12.1 Å². The fraction of sp³-hybridized carbons (Fsp3) is 0.480. The summed E-state index contributed by atoms with van der Waals surface area (Å²) in [6, 6.07) is 16.7. The van der Waals surface area contributed by atoms with Crippen molar-refractivity contribution in [1.29, 1.82) is 0 Å². The number of nitrogens with one attached hydrogen (secondary N) is 1. The molecule has 6 heteroatoms. The van der Waals surface area contributed by atoms with Gasteiger partial charge in [-0.1, -0.05) is 35.9 Å². The van der Waals surface area contributed by atoms with E-state index in [4.69, 9.17) is 11.6 Å². The molecular formula is C25H33ClN4O. The van der Waals surface area contributed by atoms with E-state index in [-0.39, 0.29) is 6.03 Å². The number of piperidine rings is 1. The lowest BCUT2D eigenvalue weighted by Gasteiger charge is -2.34. The van der Waals surface area contributed by atoms with E-state index in [9.17, 15) is 4.79 Å². The van der Waals surface area contributed by atoms with E-state index >= 15 is 0 Å². The Labute approximate surface area is 191 Å². The number of hydrogen-bond acceptors (Lipinski definition) is 3. The van der Waals surface area contributed by atoms with Crippen LogP contribution in [0.2, 0.25) is 5.02 Å². The molecule has 0 aromatic heterocycles. The van der Waals surface area contributed by atoms with Crippen LogP contribution >= 0.6 is 11.6 Å². The van der Waals surface area contributed by atoms with Crippen LogP contribution in [0, 0.1) is 5.92 Å². The second-order valence-corrected chi connectivity index (χ2v) is 9.37. The first-order chi connectivity index (χ1) is 15.1. The average Bonchev–Trinajstić information content (AvgIpc) is 3.20. The standard InChI is InChI=1S/C25H33ClN4O/c1-28(17-21-6-10-24(11-7-21)30-16-13-27-25(30)31)18-22-3-2-14-29(19-22)15-12-20-4-8-23(26)9-5-20/h4-11,22H,2-3,12-19H2,1H3,(H,27,31). The zero-order valence-corrected chi connectivity index (χ0v) is 19.2. The number of amides is 2. The fourth-order valence-corrected chi connectivity index (χ4v) is 4.88. The minimum absolute atomic E-state index is 0.00258. The van der Waals surface area contributed by atoms with Crippen molar-refractivity contribution in [2.24, 2.45) is 5.92 Å². The van der Waals surface area contributed by atoms with Gasteiger partial charge in [0, 0.05) is 50.0 Å². The van der Waals surface area contributed by atoms with Crippen LogP contribution in [0.15, 0.2) is 48.5 Å². The summed E-state index contributed by atoms with van der Waals surface area (Å²) in [5.41, 5.74) is 3.63. The van der Waals surface area contributed by atoms with Gasteiger partial charge in [0.15, 0.2) is 0 Å². The maximum absolute atomic E-state index is 11.8. The number of nitrogens with zero attached hydrogens (tertiary/aromatic N) is 3. The van der Waals surface area contributed by atoms with Crippen LogP contribution in [-0.2, 0) is 13.0 Å². The topological polar surface area (TPSA) is 38.8 Å². The summed E-state index contributed by atoms with van der Waals surface area (Å²) in [6.07, 6.45) is 3.68. The molecule has 0 spiro atoms. The third-order valence-corrected chi connectivity index (χ3v) is 6.61. The van der Waals surface area contributed by atoms with Gasteiger partial charge in [-0.15, -0.1) is 0 Å². The largest absolute Gasteiger partial charge is 0.336 e. The molecule has 2 aliphatic rings. The highest BCUT2D eigenvalue weighted by Crippen LogP contribution is 2.21. The molecule has 1 unspecified atom stereocenters. The van der Waals surface area contributed by atoms with Crippen LogP contribution in [-0.4, -0.2) is 62.1 Å². The number of benzene rings is 2. The number of halogens is 1. The van der Waals surface area contributed by atoms with Crippen molar-refractivity contribution in [1.82, 2.24) is 15.1 Å². The van der Waals surface area contributed by atoms with Crippen molar-refractivity contribution in [3.8, 4) is 0 Å². The van der Waals surface area contributed by atoms with Crippen LogP contribution < -0.4 is 10.2 Å². The monoisotopic (exact) mass is 440 g/mol. The predicted octanol–water partition coefficient (Wildman–Crippen LogP) is 4.26. The van der Waals surface area contributed by atoms with E-state index in [2.05, 4.69) is 58.6 Å². The minimum atomic E-state index is 0.00258. The van der Waals surface area contributed by atoms with Gasteiger partial charge in [0.1, 0.15) is 0 Å². The van der Waals surface area contributed by atoms with Gasteiger partial charge in [0.05, 0.1) is 0 Å². The van der Waals surface area contributed by atoms with E-state index < -0.39 is 0 Å². The Morgan fingerprint density at radius 3 is 2.52 bits per heavy atom. The number of carbonyl (C=O) groups excluding carboxylic acids is 1. The van der Waals surface area contributed by atoms with Gasteiger partial charge in [-0.25, -0.2) is 4.79 Å². The van der Waals surface area contributed by atoms with E-state index in [1.54, 1.807) is 4.90 Å². The molecule has 2 fully saturated rings. The highest BCUT2D eigenvalue weighted by atomic mass is 35.5. The van der Waals surface area contributed by atoms with Gasteiger partial charge in [-0.05, 0) is 74.2 Å². The average molecular weight is 441 g/mol. The Kier molecular flexibility index (Phi) is 7.49. The van der Waals surface area contributed by atoms with E-state index in [1.165, 1.54) is 37.1 Å². The first-order valence-corrected chi connectivity index (χ1v) is 11.7. The molecule has 2 aromatic rings. The molecule has 0 bridgehead atoms. The summed E-state index contributed by atoms with van der Waals surface area (Å²) in [5.74, 6) is 0.719. The molecule has 2 amide bonds. The number of likely N-dealkylation sites (tertiary alicyclic amines) is 1. The third-order valence-electron chi connectivity index (χ3n) is 6.36. The van der Waals surface area contributed by atoms with Gasteiger partial charge in [-0.2, -0.15) is 0 Å². The first-order valence-electron chi connectivity index (χ1n) is 11.4. The summed E-state index contributed by atoms with van der Waals surface area (Å²) in [6.45, 7) is 7.03. The van der Waals surface area contributed by atoms with Gasteiger partial charge < -0.3 is 15.1 Å². The Bertz CT molecular complexity index is 855. The second-order valence-electron chi connectivity index (χ2n) is 8.93. The van der Waals surface area contributed by atoms with Crippen LogP contribution in [0.25, 0.3) is 0 Å². The molecule has 0 saturated carbocycles. The molecule has 2 heterocycles. The van der Waals surface area contributed by atoms with E-state index in [0.717, 1.165) is 55.8 Å². The SMILES string of the molecule is CN(Cc1ccc(N2CCNC2=O)cc1)CC1CCCN(CCc2ccc(Cl)cc2)C1. The maximum Gasteiger partial charge on any atom is 0.321 e. The maximum atomic E-state index is 11.8. The summed E-state index contributed by atoms with van der Waals surface area (Å²) < 4.78 is 0. The molecule has 0 aliphatic carbocycles. The summed E-state index contributed by atoms with van der Waals surface area (Å²) in [7, 11) is 2.22. The summed E-state index contributed by atoms with van der Waals surface area (Å²) >= 11 is 6.00. The van der Waals surface area contributed by atoms with E-state index in [0.29, 0.717) is 0 Å². The van der Waals surface area contributed by atoms with Gasteiger partial charge in [0.25, 0.3) is 0 Å². The molecule has 1 N–H and O–H groups in total. The molecule has 2 saturated heterocycles. The van der Waals surface area contributed by atoms with Gasteiger partial charge in [-0.3, -0.25) is 4.90 Å². The Morgan fingerprint density at radius 2 is 1.81 bits per heavy atom. The van der Waals surface area contributed by atoms with Crippen LogP contribution in [0.3, 0.4) is 0 Å². The normalized spacial score (nSPS) is 19.8. The Balaban J connectivity index is 1.23. The Morgan fingerprint density at radius 1 is 1.06 bits per heavy atom. The predicted molar refractivity (Wildman–Crippen MR) is 128 cm³/mol. The first kappa shape index (κ1) is 22.1. The fourth-order valence-electron chi connectivity index (χ4n) is 4.76. The van der Waals surface area contributed by atoms with Crippen molar-refractivity contribution >= 4 is 23.3 Å². The molecule has 4 rings (SSSR count). The second kappa shape index (κ2) is 10.5. The lowest BCUT2D eigenvalue weighted by Crippen LogP contribution is -2.40. The van der Waals surface area contributed by atoms with Crippen LogP contribution in [0.5, 0.6) is 0 Å². The number of carbonyl (C=O) groups is 1. The molecule has 2 aromatic carbocycles. The highest BCUT2D eigenvalue weighted by molar-refractivity contribution is 6.30. The minimum Gasteiger partial charge on any atom is -0.336 e. The molecule has 1 atom stereocenters. The third kappa shape index (κ3) is 6.22. The molecule has 31 heavy (non-hydrogen) atoms.